The minimum Gasteiger partial charge on any atom is -0.490 e. The molecule has 2 rings (SSSR count). The number of carboxylic acid groups (broad SMARTS) is 1. The summed E-state index contributed by atoms with van der Waals surface area (Å²) in [6.45, 7) is 5.09. The van der Waals surface area contributed by atoms with Crippen LogP contribution >= 0.6 is 22.9 Å². The lowest BCUT2D eigenvalue weighted by molar-refractivity contribution is 0.0702. The number of carboxylic acids is 1. The van der Waals surface area contributed by atoms with Crippen molar-refractivity contribution in [2.75, 3.05) is 13.2 Å². The number of thiophene rings is 1. The maximum atomic E-state index is 11.2. The summed E-state index contributed by atoms with van der Waals surface area (Å²) < 4.78 is 12.1. The summed E-state index contributed by atoms with van der Waals surface area (Å²) in [5, 5.41) is 10.1. The number of fused-ring (bicyclic) bond motifs is 1. The summed E-state index contributed by atoms with van der Waals surface area (Å²) >= 11 is 7.28. The fraction of sp³-hybridized carbons (Fsp3) is 0.400. The predicted octanol–water partition coefficient (Wildman–Crippen LogP) is 4.83. The first-order valence-electron chi connectivity index (χ1n) is 6.83. The van der Waals surface area contributed by atoms with Gasteiger partial charge in [0.25, 0.3) is 0 Å². The molecule has 0 spiro atoms. The molecule has 4 nitrogen and oxygen atoms in total. The van der Waals surface area contributed by atoms with E-state index in [1.165, 1.54) is 0 Å². The third-order valence-electron chi connectivity index (χ3n) is 2.94. The van der Waals surface area contributed by atoms with Gasteiger partial charge in [0.05, 0.1) is 18.2 Å². The first-order valence-corrected chi connectivity index (χ1v) is 8.02. The van der Waals surface area contributed by atoms with Gasteiger partial charge in [-0.15, -0.1) is 11.3 Å². The van der Waals surface area contributed by atoms with E-state index in [1.54, 1.807) is 12.1 Å². The van der Waals surface area contributed by atoms with Crippen molar-refractivity contribution in [1.82, 2.24) is 0 Å². The van der Waals surface area contributed by atoms with Gasteiger partial charge < -0.3 is 14.6 Å². The van der Waals surface area contributed by atoms with Gasteiger partial charge in [-0.3, -0.25) is 0 Å². The highest BCUT2D eigenvalue weighted by atomic mass is 35.5. The largest absolute Gasteiger partial charge is 0.490 e. The Morgan fingerprint density at radius 2 is 2.00 bits per heavy atom. The Hall–Kier alpha value is -1.46. The zero-order valence-electron chi connectivity index (χ0n) is 11.9. The summed E-state index contributed by atoms with van der Waals surface area (Å²) in [5.74, 6) is 0.206. The van der Waals surface area contributed by atoms with Gasteiger partial charge in [0.15, 0.2) is 11.5 Å². The predicted molar refractivity (Wildman–Crippen MR) is 85.4 cm³/mol. The second-order valence-electron chi connectivity index (χ2n) is 4.48. The van der Waals surface area contributed by atoms with Crippen LogP contribution in [0.15, 0.2) is 12.1 Å². The molecule has 0 bridgehead atoms. The highest BCUT2D eigenvalue weighted by Crippen LogP contribution is 2.41. The fourth-order valence-corrected chi connectivity index (χ4v) is 3.27. The third-order valence-corrected chi connectivity index (χ3v) is 4.59. The van der Waals surface area contributed by atoms with Gasteiger partial charge in [-0.1, -0.05) is 24.9 Å². The van der Waals surface area contributed by atoms with Gasteiger partial charge in [0.1, 0.15) is 4.88 Å². The van der Waals surface area contributed by atoms with E-state index >= 15 is 0 Å². The number of hydrogen-bond donors (Lipinski definition) is 1. The number of unbranched alkanes of at least 4 members (excludes halogenated alkanes) is 1. The van der Waals surface area contributed by atoms with E-state index in [-0.39, 0.29) is 9.90 Å². The summed E-state index contributed by atoms with van der Waals surface area (Å²) in [4.78, 5) is 11.3. The molecule has 1 N–H and O–H groups in total. The van der Waals surface area contributed by atoms with E-state index in [4.69, 9.17) is 26.2 Å². The van der Waals surface area contributed by atoms with Crippen LogP contribution in [0, 0.1) is 0 Å². The van der Waals surface area contributed by atoms with E-state index < -0.39 is 5.97 Å². The van der Waals surface area contributed by atoms with Crippen LogP contribution in [0.5, 0.6) is 11.5 Å². The topological polar surface area (TPSA) is 55.8 Å². The summed E-state index contributed by atoms with van der Waals surface area (Å²) in [7, 11) is 0. The summed E-state index contributed by atoms with van der Waals surface area (Å²) in [6, 6.07) is 3.56. The SMILES string of the molecule is CCCCOc1cc2sc(C(=O)O)c(Cl)c2cc1OCC. The fourth-order valence-electron chi connectivity index (χ4n) is 1.92. The Morgan fingerprint density at radius 1 is 1.29 bits per heavy atom. The molecule has 0 aliphatic rings. The average Bonchev–Trinajstić information content (AvgIpc) is 2.77. The molecular weight excluding hydrogens is 312 g/mol. The lowest BCUT2D eigenvalue weighted by Crippen LogP contribution is -2.00. The molecule has 1 aromatic heterocycles. The Balaban J connectivity index is 2.46. The molecule has 2 aromatic rings. The number of ether oxygens (including phenoxy) is 2. The van der Waals surface area contributed by atoms with Crippen molar-refractivity contribution in [3.05, 3.63) is 22.0 Å². The van der Waals surface area contributed by atoms with Crippen LogP contribution in [-0.2, 0) is 0 Å². The van der Waals surface area contributed by atoms with Crippen LogP contribution in [0.1, 0.15) is 36.4 Å². The van der Waals surface area contributed by atoms with Crippen molar-refractivity contribution >= 4 is 39.0 Å². The third kappa shape index (κ3) is 3.41. The Labute approximate surface area is 132 Å². The highest BCUT2D eigenvalue weighted by Gasteiger charge is 2.19. The van der Waals surface area contributed by atoms with Crippen molar-refractivity contribution in [3.63, 3.8) is 0 Å². The van der Waals surface area contributed by atoms with Gasteiger partial charge in [0.2, 0.25) is 0 Å². The number of benzene rings is 1. The number of aromatic carboxylic acids is 1. The van der Waals surface area contributed by atoms with Gasteiger partial charge in [-0.05, 0) is 19.4 Å². The maximum Gasteiger partial charge on any atom is 0.347 e. The molecule has 0 atom stereocenters. The van der Waals surface area contributed by atoms with E-state index in [1.807, 2.05) is 6.92 Å². The molecule has 6 heteroatoms. The average molecular weight is 329 g/mol. The minimum absolute atomic E-state index is 0.139. The smallest absolute Gasteiger partial charge is 0.347 e. The molecule has 0 amide bonds. The molecular formula is C15H17ClO4S. The van der Waals surface area contributed by atoms with Crippen molar-refractivity contribution < 1.29 is 19.4 Å². The van der Waals surface area contributed by atoms with Gasteiger partial charge in [-0.25, -0.2) is 4.79 Å². The van der Waals surface area contributed by atoms with Crippen LogP contribution in [0.2, 0.25) is 5.02 Å². The zero-order valence-corrected chi connectivity index (χ0v) is 13.5. The quantitative estimate of drug-likeness (QED) is 0.739. The van der Waals surface area contributed by atoms with Crippen LogP contribution in [0.4, 0.5) is 0 Å². The van der Waals surface area contributed by atoms with Crippen molar-refractivity contribution in [3.8, 4) is 11.5 Å². The molecule has 0 unspecified atom stereocenters. The Bertz CT molecular complexity index is 651. The second kappa shape index (κ2) is 7.00. The lowest BCUT2D eigenvalue weighted by Gasteiger charge is -2.12. The molecule has 0 aliphatic carbocycles. The summed E-state index contributed by atoms with van der Waals surface area (Å²) in [6.07, 6.45) is 2.00. The van der Waals surface area contributed by atoms with Crippen molar-refractivity contribution in [1.29, 1.82) is 0 Å². The standard InChI is InChI=1S/C15H17ClO4S/c1-3-5-6-20-11-8-12-9(7-10(11)19-4-2)13(16)14(21-12)15(17)18/h7-8H,3-6H2,1-2H3,(H,17,18). The molecule has 0 saturated carbocycles. The van der Waals surface area contributed by atoms with Gasteiger partial charge >= 0.3 is 5.97 Å². The van der Waals surface area contributed by atoms with Crippen LogP contribution in [0.25, 0.3) is 10.1 Å². The number of rotatable bonds is 7. The molecule has 0 radical (unpaired) electrons. The Kier molecular flexibility index (Phi) is 5.31. The molecule has 114 valence electrons. The summed E-state index contributed by atoms with van der Waals surface area (Å²) in [5.41, 5.74) is 0. The monoisotopic (exact) mass is 328 g/mol. The van der Waals surface area contributed by atoms with E-state index in [2.05, 4.69) is 6.92 Å². The molecule has 0 aliphatic heterocycles. The zero-order chi connectivity index (χ0) is 15.4. The molecule has 0 fully saturated rings. The van der Waals surface area contributed by atoms with E-state index in [0.717, 1.165) is 28.9 Å². The van der Waals surface area contributed by atoms with Crippen LogP contribution in [0.3, 0.4) is 0 Å². The van der Waals surface area contributed by atoms with Crippen molar-refractivity contribution in [2.45, 2.75) is 26.7 Å². The molecule has 21 heavy (non-hydrogen) atoms. The maximum absolute atomic E-state index is 11.2. The van der Waals surface area contributed by atoms with E-state index in [0.29, 0.717) is 30.1 Å². The molecule has 0 saturated heterocycles. The first kappa shape index (κ1) is 15.9. The lowest BCUT2D eigenvalue weighted by atomic mass is 10.2. The minimum atomic E-state index is -1.02. The van der Waals surface area contributed by atoms with Crippen LogP contribution < -0.4 is 9.47 Å². The van der Waals surface area contributed by atoms with Crippen molar-refractivity contribution in [2.24, 2.45) is 0 Å². The van der Waals surface area contributed by atoms with E-state index in [9.17, 15) is 4.79 Å². The number of halogens is 1. The van der Waals surface area contributed by atoms with Gasteiger partial charge in [0, 0.05) is 16.2 Å². The molecule has 1 heterocycles. The number of carbonyl (C=O) groups is 1. The second-order valence-corrected chi connectivity index (χ2v) is 5.91. The highest BCUT2D eigenvalue weighted by molar-refractivity contribution is 7.21. The normalized spacial score (nSPS) is 10.8. The van der Waals surface area contributed by atoms with Gasteiger partial charge in [-0.2, -0.15) is 0 Å². The molecule has 1 aromatic carbocycles. The Morgan fingerprint density at radius 3 is 2.62 bits per heavy atom. The number of hydrogen-bond acceptors (Lipinski definition) is 4. The first-order chi connectivity index (χ1) is 10.1. The van der Waals surface area contributed by atoms with Crippen LogP contribution in [-0.4, -0.2) is 24.3 Å².